The van der Waals surface area contributed by atoms with Crippen LogP contribution in [-0.4, -0.2) is 11.1 Å². The summed E-state index contributed by atoms with van der Waals surface area (Å²) in [5.74, 6) is 0.127. The van der Waals surface area contributed by atoms with Crippen LogP contribution in [0.25, 0.3) is 21.9 Å². The summed E-state index contributed by atoms with van der Waals surface area (Å²) in [4.78, 5) is 13.7. The third kappa shape index (κ3) is 4.38. The van der Waals surface area contributed by atoms with Gasteiger partial charge in [0.15, 0.2) is 0 Å². The predicted octanol–water partition coefficient (Wildman–Crippen LogP) is 10.1. The number of aromatic carboxylic acids is 1. The molecule has 0 atom stereocenters. The number of anilines is 3. The summed E-state index contributed by atoms with van der Waals surface area (Å²) in [5, 5.41) is 11.7. The third-order valence-electron chi connectivity index (χ3n) is 8.23. The molecule has 0 amide bonds. The molecule has 0 aliphatic heterocycles. The van der Waals surface area contributed by atoms with Crippen molar-refractivity contribution in [2.45, 2.75) is 19.3 Å². The van der Waals surface area contributed by atoms with Crippen LogP contribution in [0.15, 0.2) is 133 Å². The molecule has 0 heterocycles. The van der Waals surface area contributed by atoms with E-state index < -0.39 is 5.97 Å². The van der Waals surface area contributed by atoms with Crippen molar-refractivity contribution in [3.63, 3.8) is 0 Å². The minimum Gasteiger partial charge on any atom is -0.478 e. The Bertz CT molecular complexity index is 1970. The van der Waals surface area contributed by atoms with Crippen LogP contribution in [0.2, 0.25) is 0 Å². The van der Waals surface area contributed by atoms with E-state index in [1.54, 1.807) is 18.2 Å². The number of rotatable bonds is 6. The molecule has 0 radical (unpaired) electrons. The molecule has 0 aromatic heterocycles. The standard InChI is InChI=1S/C38H29NO3/c1-38(2)35-13-6-5-12-33(35)34-21-18-30(24-36(34)38)39(29-15-14-25-8-3-4-9-26(25)22-29)28-16-19-31(20-17-28)42-32-11-7-10-27(23-32)37(40)41/h3-24H,1-2H3,(H,40,41). The van der Waals surface area contributed by atoms with E-state index in [0.29, 0.717) is 11.5 Å². The van der Waals surface area contributed by atoms with Crippen LogP contribution in [0.5, 0.6) is 11.5 Å². The second kappa shape index (κ2) is 9.93. The van der Waals surface area contributed by atoms with E-state index in [2.05, 4.69) is 104 Å². The average Bonchev–Trinajstić information content (AvgIpc) is 3.24. The zero-order chi connectivity index (χ0) is 28.8. The maximum Gasteiger partial charge on any atom is 0.335 e. The molecule has 1 aliphatic carbocycles. The fraction of sp³-hybridized carbons (Fsp3) is 0.0789. The number of nitrogens with zero attached hydrogens (tertiary/aromatic N) is 1. The molecular formula is C38H29NO3. The van der Waals surface area contributed by atoms with Gasteiger partial charge >= 0.3 is 5.97 Å². The monoisotopic (exact) mass is 547 g/mol. The van der Waals surface area contributed by atoms with Crippen LogP contribution >= 0.6 is 0 Å². The number of benzene rings is 6. The Balaban J connectivity index is 1.31. The number of ether oxygens (including phenoxy) is 1. The molecule has 0 spiro atoms. The number of carboxylic acids is 1. The smallest absolute Gasteiger partial charge is 0.335 e. The fourth-order valence-electron chi connectivity index (χ4n) is 6.09. The number of carboxylic acid groups (broad SMARTS) is 1. The van der Waals surface area contributed by atoms with Gasteiger partial charge in [0.05, 0.1) is 5.56 Å². The van der Waals surface area contributed by atoms with Crippen molar-refractivity contribution in [2.24, 2.45) is 0 Å². The normalized spacial score (nSPS) is 12.9. The highest BCUT2D eigenvalue weighted by atomic mass is 16.5. The first-order valence-corrected chi connectivity index (χ1v) is 14.0. The molecule has 0 bridgehead atoms. The fourth-order valence-corrected chi connectivity index (χ4v) is 6.09. The third-order valence-corrected chi connectivity index (χ3v) is 8.23. The SMILES string of the molecule is CC1(C)c2ccccc2-c2ccc(N(c3ccc(Oc4cccc(C(=O)O)c4)cc3)c3ccc4ccccc4c3)cc21. The van der Waals surface area contributed by atoms with Gasteiger partial charge in [-0.25, -0.2) is 4.79 Å². The lowest BCUT2D eigenvalue weighted by Crippen LogP contribution is -2.16. The van der Waals surface area contributed by atoms with Gasteiger partial charge in [-0.1, -0.05) is 80.6 Å². The van der Waals surface area contributed by atoms with Gasteiger partial charge < -0.3 is 14.7 Å². The number of hydrogen-bond acceptors (Lipinski definition) is 3. The highest BCUT2D eigenvalue weighted by Gasteiger charge is 2.35. The molecule has 4 nitrogen and oxygen atoms in total. The quantitative estimate of drug-likeness (QED) is 0.225. The van der Waals surface area contributed by atoms with Crippen molar-refractivity contribution in [3.8, 4) is 22.6 Å². The second-order valence-corrected chi connectivity index (χ2v) is 11.2. The van der Waals surface area contributed by atoms with Crippen LogP contribution < -0.4 is 9.64 Å². The van der Waals surface area contributed by atoms with E-state index in [1.807, 2.05) is 24.3 Å². The molecule has 6 aromatic rings. The van der Waals surface area contributed by atoms with Gasteiger partial charge in [-0.3, -0.25) is 0 Å². The Labute approximate surface area is 245 Å². The van der Waals surface area contributed by atoms with Gasteiger partial charge in [0, 0.05) is 22.5 Å². The summed E-state index contributed by atoms with van der Waals surface area (Å²) >= 11 is 0. The zero-order valence-electron chi connectivity index (χ0n) is 23.4. The first-order chi connectivity index (χ1) is 20.4. The Hall–Kier alpha value is -5.35. The first kappa shape index (κ1) is 25.6. The molecular weight excluding hydrogens is 518 g/mol. The number of hydrogen-bond donors (Lipinski definition) is 1. The minimum atomic E-state index is -0.984. The van der Waals surface area contributed by atoms with Gasteiger partial charge in [-0.05, 0) is 99.8 Å². The molecule has 204 valence electrons. The topological polar surface area (TPSA) is 49.8 Å². The van der Waals surface area contributed by atoms with Gasteiger partial charge in [-0.2, -0.15) is 0 Å². The average molecular weight is 548 g/mol. The van der Waals surface area contributed by atoms with Gasteiger partial charge in [0.25, 0.3) is 0 Å². The lowest BCUT2D eigenvalue weighted by Gasteiger charge is -2.28. The van der Waals surface area contributed by atoms with E-state index in [4.69, 9.17) is 4.74 Å². The highest BCUT2D eigenvalue weighted by molar-refractivity contribution is 5.91. The number of fused-ring (bicyclic) bond motifs is 4. The van der Waals surface area contributed by atoms with Crippen molar-refractivity contribution >= 4 is 33.8 Å². The van der Waals surface area contributed by atoms with Crippen molar-refractivity contribution in [1.29, 1.82) is 0 Å². The van der Waals surface area contributed by atoms with Crippen molar-refractivity contribution < 1.29 is 14.6 Å². The molecule has 7 rings (SSSR count). The van der Waals surface area contributed by atoms with Gasteiger partial charge in [-0.15, -0.1) is 0 Å². The zero-order valence-corrected chi connectivity index (χ0v) is 23.4. The molecule has 6 aromatic carbocycles. The Kier molecular flexibility index (Phi) is 6.05. The first-order valence-electron chi connectivity index (χ1n) is 14.0. The van der Waals surface area contributed by atoms with Crippen LogP contribution in [0, 0.1) is 0 Å². The van der Waals surface area contributed by atoms with E-state index in [0.717, 1.165) is 17.1 Å². The largest absolute Gasteiger partial charge is 0.478 e. The second-order valence-electron chi connectivity index (χ2n) is 11.2. The summed E-state index contributed by atoms with van der Waals surface area (Å²) < 4.78 is 6.01. The molecule has 0 fully saturated rings. The summed E-state index contributed by atoms with van der Waals surface area (Å²) in [6.07, 6.45) is 0. The van der Waals surface area contributed by atoms with Crippen LogP contribution in [0.3, 0.4) is 0 Å². The van der Waals surface area contributed by atoms with E-state index in [-0.39, 0.29) is 11.0 Å². The number of carbonyl (C=O) groups is 1. The summed E-state index contributed by atoms with van der Waals surface area (Å²) in [5.41, 5.74) is 8.45. The lowest BCUT2D eigenvalue weighted by molar-refractivity contribution is 0.0696. The van der Waals surface area contributed by atoms with Gasteiger partial charge in [0.1, 0.15) is 11.5 Å². The minimum absolute atomic E-state index is 0.112. The summed E-state index contributed by atoms with van der Waals surface area (Å²) in [6, 6.07) is 44.9. The maximum absolute atomic E-state index is 11.4. The Morgan fingerprint density at radius 1 is 0.595 bits per heavy atom. The molecule has 0 unspecified atom stereocenters. The Morgan fingerprint density at radius 3 is 2.07 bits per heavy atom. The summed E-state index contributed by atoms with van der Waals surface area (Å²) in [6.45, 7) is 4.60. The molecule has 0 saturated heterocycles. The van der Waals surface area contributed by atoms with E-state index in [1.165, 1.54) is 39.1 Å². The molecule has 1 N–H and O–H groups in total. The van der Waals surface area contributed by atoms with Crippen molar-refractivity contribution in [3.05, 3.63) is 150 Å². The molecule has 42 heavy (non-hydrogen) atoms. The molecule has 4 heteroatoms. The van der Waals surface area contributed by atoms with E-state index >= 15 is 0 Å². The predicted molar refractivity (Wildman–Crippen MR) is 170 cm³/mol. The van der Waals surface area contributed by atoms with Crippen LogP contribution in [-0.2, 0) is 5.41 Å². The van der Waals surface area contributed by atoms with Crippen molar-refractivity contribution in [2.75, 3.05) is 4.90 Å². The highest BCUT2D eigenvalue weighted by Crippen LogP contribution is 2.50. The molecule has 1 aliphatic rings. The summed E-state index contributed by atoms with van der Waals surface area (Å²) in [7, 11) is 0. The lowest BCUT2D eigenvalue weighted by atomic mass is 9.82. The van der Waals surface area contributed by atoms with Crippen LogP contribution in [0.1, 0.15) is 35.3 Å². The van der Waals surface area contributed by atoms with Gasteiger partial charge in [0.2, 0.25) is 0 Å². The van der Waals surface area contributed by atoms with E-state index in [9.17, 15) is 9.90 Å². The van der Waals surface area contributed by atoms with Crippen molar-refractivity contribution in [1.82, 2.24) is 0 Å². The van der Waals surface area contributed by atoms with Crippen LogP contribution in [0.4, 0.5) is 17.1 Å². The molecule has 0 saturated carbocycles. The maximum atomic E-state index is 11.4. The Morgan fingerprint density at radius 2 is 1.26 bits per heavy atom.